The molecule has 168 valence electrons. The Hall–Kier alpha value is -3.29. The Bertz CT molecular complexity index is 1630. The minimum Gasteiger partial charge on any atom is -0.482 e. The van der Waals surface area contributed by atoms with E-state index in [1.807, 2.05) is 24.3 Å². The summed E-state index contributed by atoms with van der Waals surface area (Å²) < 4.78 is 6.63. The maximum absolute atomic E-state index is 6.63. The Labute approximate surface area is 205 Å². The van der Waals surface area contributed by atoms with Crippen LogP contribution in [0.4, 0.5) is 0 Å². The summed E-state index contributed by atoms with van der Waals surface area (Å²) in [6, 6.07) is 29.8. The third-order valence-corrected chi connectivity index (χ3v) is 7.56. The summed E-state index contributed by atoms with van der Waals surface area (Å²) in [6.45, 7) is 4.59. The number of halogens is 1. The number of rotatable bonds is 3. The predicted molar refractivity (Wildman–Crippen MR) is 140 cm³/mol. The third-order valence-electron chi connectivity index (χ3n) is 7.33. The van der Waals surface area contributed by atoms with Gasteiger partial charge in [-0.25, -0.2) is 0 Å². The summed E-state index contributed by atoms with van der Waals surface area (Å²) in [4.78, 5) is 0. The van der Waals surface area contributed by atoms with Crippen LogP contribution in [0.15, 0.2) is 84.9 Å². The molecule has 2 heteroatoms. The van der Waals surface area contributed by atoms with Gasteiger partial charge in [-0.1, -0.05) is 85.3 Å². The lowest BCUT2D eigenvalue weighted by atomic mass is 9.77. The van der Waals surface area contributed by atoms with Crippen LogP contribution in [-0.4, -0.2) is 0 Å². The quantitative estimate of drug-likeness (QED) is 0.332. The van der Waals surface area contributed by atoms with Gasteiger partial charge < -0.3 is 4.74 Å². The molecular weight excluding hydrogens is 436 g/mol. The summed E-state index contributed by atoms with van der Waals surface area (Å²) in [7, 11) is 0. The van der Waals surface area contributed by atoms with E-state index in [4.69, 9.17) is 16.3 Å². The zero-order valence-corrected chi connectivity index (χ0v) is 20.3. The molecule has 2 unspecified atom stereocenters. The van der Waals surface area contributed by atoms with Crippen LogP contribution >= 0.6 is 11.6 Å². The maximum atomic E-state index is 6.63. The summed E-state index contributed by atoms with van der Waals surface area (Å²) in [5.74, 6) is 1.31. The molecule has 0 aromatic heterocycles. The van der Waals surface area contributed by atoms with Gasteiger partial charge in [0, 0.05) is 10.6 Å². The van der Waals surface area contributed by atoms with E-state index in [0.29, 0.717) is 10.9 Å². The van der Waals surface area contributed by atoms with Crippen molar-refractivity contribution in [2.45, 2.75) is 32.8 Å². The van der Waals surface area contributed by atoms with Gasteiger partial charge in [-0.2, -0.15) is 0 Å². The second kappa shape index (κ2) is 8.49. The molecule has 2 atom stereocenters. The number of hydrogen-bond acceptors (Lipinski definition) is 1. The van der Waals surface area contributed by atoms with E-state index in [9.17, 15) is 0 Å². The van der Waals surface area contributed by atoms with Crippen LogP contribution in [0.2, 0.25) is 5.02 Å². The van der Waals surface area contributed by atoms with Crippen molar-refractivity contribution in [1.29, 1.82) is 0 Å². The minimum atomic E-state index is -0.162. The second-order valence-corrected chi connectivity index (χ2v) is 9.91. The molecule has 34 heavy (non-hydrogen) atoms. The van der Waals surface area contributed by atoms with Gasteiger partial charge in [-0.15, -0.1) is 0 Å². The first kappa shape index (κ1) is 21.3. The van der Waals surface area contributed by atoms with Crippen LogP contribution in [0.3, 0.4) is 0 Å². The Kier molecular flexibility index (Phi) is 5.31. The molecule has 0 radical (unpaired) electrons. The Morgan fingerprint density at radius 1 is 0.824 bits per heavy atom. The van der Waals surface area contributed by atoms with Crippen molar-refractivity contribution in [3.8, 4) is 5.75 Å². The fraction of sp³-hybridized carbons (Fsp3) is 0.188. The fourth-order valence-electron chi connectivity index (χ4n) is 5.72. The van der Waals surface area contributed by atoms with Gasteiger partial charge in [0.25, 0.3) is 0 Å². The lowest BCUT2D eigenvalue weighted by molar-refractivity contribution is 0.266. The Balaban J connectivity index is 1.68. The number of benzene rings is 4. The standard InChI is InChI=1S/C32H27ClO/c1-20-8-3-5-12-25(20)31-21(2)14-15-29-28(31)17-16-27-26-13-6-4-9-22(26)18-30(32(27)29)34-24-11-7-10-23(33)19-24/h3-13,16-19,21,30H,14-15H2,1-2H3. The van der Waals surface area contributed by atoms with Crippen LogP contribution < -0.4 is 15.2 Å². The average Bonchev–Trinajstić information content (AvgIpc) is 2.84. The van der Waals surface area contributed by atoms with Gasteiger partial charge in [0.05, 0.1) is 0 Å². The Morgan fingerprint density at radius 2 is 1.62 bits per heavy atom. The molecular formula is C32H27ClO. The highest BCUT2D eigenvalue weighted by atomic mass is 35.5. The van der Waals surface area contributed by atoms with Gasteiger partial charge in [0.1, 0.15) is 11.9 Å². The molecule has 4 aromatic carbocycles. The maximum Gasteiger partial charge on any atom is 0.144 e. The molecule has 0 saturated heterocycles. The van der Waals surface area contributed by atoms with Gasteiger partial charge in [-0.3, -0.25) is 0 Å². The van der Waals surface area contributed by atoms with Crippen LogP contribution in [0, 0.1) is 23.3 Å². The summed E-state index contributed by atoms with van der Waals surface area (Å²) >= 11 is 6.28. The first-order valence-corrected chi connectivity index (χ1v) is 12.4. The molecule has 6 rings (SSSR count). The number of aryl methyl sites for hydroxylation is 1. The Morgan fingerprint density at radius 3 is 2.47 bits per heavy atom. The van der Waals surface area contributed by atoms with E-state index >= 15 is 0 Å². The van der Waals surface area contributed by atoms with Crippen LogP contribution in [0.5, 0.6) is 5.75 Å². The smallest absolute Gasteiger partial charge is 0.144 e. The SMILES string of the molecule is Cc1ccccc1C1=c2ccc3c(c2CCC1C)C(Oc1cccc(Cl)c1)C=c1ccccc1=3. The number of hydrogen-bond donors (Lipinski definition) is 0. The fourth-order valence-corrected chi connectivity index (χ4v) is 5.90. The van der Waals surface area contributed by atoms with Crippen molar-refractivity contribution in [3.63, 3.8) is 0 Å². The van der Waals surface area contributed by atoms with Gasteiger partial charge in [-0.05, 0) is 93.1 Å². The lowest BCUT2D eigenvalue weighted by Crippen LogP contribution is -2.29. The van der Waals surface area contributed by atoms with E-state index in [0.717, 1.165) is 18.6 Å². The highest BCUT2D eigenvalue weighted by molar-refractivity contribution is 6.30. The van der Waals surface area contributed by atoms with Crippen molar-refractivity contribution in [3.05, 3.63) is 133 Å². The normalized spacial score (nSPS) is 18.4. The van der Waals surface area contributed by atoms with Gasteiger partial charge >= 0.3 is 0 Å². The third kappa shape index (κ3) is 3.56. The van der Waals surface area contributed by atoms with E-state index in [-0.39, 0.29) is 6.10 Å². The zero-order valence-electron chi connectivity index (χ0n) is 19.5. The molecule has 0 spiro atoms. The molecule has 0 bridgehead atoms. The summed E-state index contributed by atoms with van der Waals surface area (Å²) in [5, 5.41) is 5.84. The van der Waals surface area contributed by atoms with E-state index in [1.54, 1.807) is 0 Å². The monoisotopic (exact) mass is 462 g/mol. The molecule has 0 N–H and O–H groups in total. The molecule has 0 fully saturated rings. The van der Waals surface area contributed by atoms with Crippen molar-refractivity contribution in [2.24, 2.45) is 5.92 Å². The van der Waals surface area contributed by atoms with E-state index in [2.05, 4.69) is 80.6 Å². The first-order valence-electron chi connectivity index (χ1n) is 12.1. The van der Waals surface area contributed by atoms with Crippen LogP contribution in [0.1, 0.15) is 41.7 Å². The molecule has 4 aromatic rings. The van der Waals surface area contributed by atoms with Crippen LogP contribution in [-0.2, 0) is 6.42 Å². The van der Waals surface area contributed by atoms with Gasteiger partial charge in [0.15, 0.2) is 0 Å². The first-order chi connectivity index (χ1) is 16.6. The zero-order chi connectivity index (χ0) is 23.2. The van der Waals surface area contributed by atoms with Gasteiger partial charge in [0.2, 0.25) is 0 Å². The molecule has 0 aliphatic heterocycles. The van der Waals surface area contributed by atoms with E-state index < -0.39 is 0 Å². The van der Waals surface area contributed by atoms with Crippen LogP contribution in [0.25, 0.3) is 11.6 Å². The molecule has 0 saturated carbocycles. The number of ether oxygens (including phenoxy) is 1. The second-order valence-electron chi connectivity index (χ2n) is 9.47. The molecule has 2 aliphatic rings. The molecule has 0 heterocycles. The van der Waals surface area contributed by atoms with Crippen molar-refractivity contribution < 1.29 is 4.74 Å². The largest absolute Gasteiger partial charge is 0.482 e. The minimum absolute atomic E-state index is 0.162. The summed E-state index contributed by atoms with van der Waals surface area (Å²) in [6.07, 6.45) is 4.30. The number of fused-ring (bicyclic) bond motifs is 4. The predicted octanol–water partition coefficient (Wildman–Crippen LogP) is 6.63. The molecule has 0 amide bonds. The highest BCUT2D eigenvalue weighted by Gasteiger charge is 2.26. The van der Waals surface area contributed by atoms with Crippen molar-refractivity contribution in [1.82, 2.24) is 0 Å². The molecule has 2 aliphatic carbocycles. The van der Waals surface area contributed by atoms with E-state index in [1.165, 1.54) is 48.7 Å². The van der Waals surface area contributed by atoms with Crippen molar-refractivity contribution >= 4 is 23.3 Å². The molecule has 1 nitrogen and oxygen atoms in total. The average molecular weight is 463 g/mol. The topological polar surface area (TPSA) is 9.23 Å². The highest BCUT2D eigenvalue weighted by Crippen LogP contribution is 2.35. The summed E-state index contributed by atoms with van der Waals surface area (Å²) in [5.41, 5.74) is 6.88. The van der Waals surface area contributed by atoms with Crippen molar-refractivity contribution in [2.75, 3.05) is 0 Å². The lowest BCUT2D eigenvalue weighted by Gasteiger charge is -2.29.